The second kappa shape index (κ2) is 5.68. The van der Waals surface area contributed by atoms with Gasteiger partial charge in [0.2, 0.25) is 0 Å². The van der Waals surface area contributed by atoms with Crippen LogP contribution in [0.4, 0.5) is 22.0 Å². The van der Waals surface area contributed by atoms with Gasteiger partial charge in [0.15, 0.2) is 0 Å². The van der Waals surface area contributed by atoms with Crippen LogP contribution in [0, 0.1) is 0 Å². The average molecular weight is 304 g/mol. The van der Waals surface area contributed by atoms with E-state index >= 15 is 0 Å². The number of pyridine rings is 1. The predicted octanol–water partition coefficient (Wildman–Crippen LogP) is 3.41. The summed E-state index contributed by atoms with van der Waals surface area (Å²) in [5.74, 6) is -1.03. The van der Waals surface area contributed by atoms with Gasteiger partial charge in [-0.3, -0.25) is 9.78 Å². The molecule has 19 heavy (non-hydrogen) atoms. The molecule has 0 aliphatic rings. The number of carbonyl (C=O) groups excluding carboxylic acids is 1. The summed E-state index contributed by atoms with van der Waals surface area (Å²) in [4.78, 5) is 14.3. The molecular weight excluding hydrogens is 297 g/mol. The van der Waals surface area contributed by atoms with Crippen molar-refractivity contribution in [1.29, 1.82) is 0 Å². The minimum atomic E-state index is -5.10. The van der Waals surface area contributed by atoms with E-state index in [2.05, 4.69) is 9.72 Å². The Morgan fingerprint density at radius 2 is 2.05 bits per heavy atom. The largest absolute Gasteiger partial charge is 0.469 e. The quantitative estimate of drug-likeness (QED) is 0.634. The maximum atomic E-state index is 12.8. The van der Waals surface area contributed by atoms with Crippen LogP contribution in [0.1, 0.15) is 23.2 Å². The van der Waals surface area contributed by atoms with Crippen LogP contribution in [0.5, 0.6) is 0 Å². The molecule has 0 atom stereocenters. The first-order valence-electron chi connectivity index (χ1n) is 4.78. The van der Waals surface area contributed by atoms with Crippen molar-refractivity contribution in [2.24, 2.45) is 0 Å². The summed E-state index contributed by atoms with van der Waals surface area (Å²) < 4.78 is 68.0. The Labute approximate surface area is 109 Å². The maximum absolute atomic E-state index is 12.8. The smallest absolute Gasteiger partial charge is 0.418 e. The highest BCUT2D eigenvalue weighted by Crippen LogP contribution is 2.41. The highest BCUT2D eigenvalue weighted by molar-refractivity contribution is 6.31. The van der Waals surface area contributed by atoms with Crippen molar-refractivity contribution < 1.29 is 31.5 Å². The highest BCUT2D eigenvalue weighted by Gasteiger charge is 2.40. The molecule has 0 saturated heterocycles. The molecule has 0 N–H and O–H groups in total. The van der Waals surface area contributed by atoms with E-state index in [9.17, 15) is 26.7 Å². The van der Waals surface area contributed by atoms with Crippen LogP contribution in [0.2, 0.25) is 5.02 Å². The van der Waals surface area contributed by atoms with Crippen molar-refractivity contribution in [3.8, 4) is 0 Å². The molecule has 1 heterocycles. The third-order valence-corrected chi connectivity index (χ3v) is 2.49. The Kier molecular flexibility index (Phi) is 4.67. The lowest BCUT2D eigenvalue weighted by molar-refractivity contribution is -0.142. The molecule has 0 saturated carbocycles. The molecule has 0 aliphatic carbocycles. The van der Waals surface area contributed by atoms with Crippen LogP contribution in [-0.4, -0.2) is 18.1 Å². The Morgan fingerprint density at radius 3 is 2.47 bits per heavy atom. The first kappa shape index (κ1) is 15.6. The van der Waals surface area contributed by atoms with Gasteiger partial charge in [-0.2, -0.15) is 13.2 Å². The summed E-state index contributed by atoms with van der Waals surface area (Å²) in [6.45, 7) is 0. The molecule has 0 unspecified atom stereocenters. The standard InChI is InChI=1S/C10H7ClF5NO2/c1-19-6(18)2-5-8(10(14,15)16)7(9(12)13)4(11)3-17-5/h3,9H,2H2,1H3. The number of rotatable bonds is 3. The van der Waals surface area contributed by atoms with Crippen molar-refractivity contribution in [3.05, 3.63) is 28.0 Å². The molecule has 0 aliphatic heterocycles. The van der Waals surface area contributed by atoms with E-state index in [1.165, 1.54) is 0 Å². The number of hydrogen-bond donors (Lipinski definition) is 0. The fourth-order valence-electron chi connectivity index (χ4n) is 1.42. The third-order valence-electron chi connectivity index (χ3n) is 2.19. The van der Waals surface area contributed by atoms with E-state index in [0.717, 1.165) is 7.11 Å². The van der Waals surface area contributed by atoms with Gasteiger partial charge in [-0.1, -0.05) is 11.6 Å². The SMILES string of the molecule is COC(=O)Cc1ncc(Cl)c(C(F)F)c1C(F)(F)F. The van der Waals surface area contributed by atoms with Crippen molar-refractivity contribution in [1.82, 2.24) is 4.98 Å². The minimum Gasteiger partial charge on any atom is -0.469 e. The molecule has 9 heteroatoms. The fourth-order valence-corrected chi connectivity index (χ4v) is 1.64. The molecule has 0 spiro atoms. The Balaban J connectivity index is 3.48. The van der Waals surface area contributed by atoms with E-state index in [1.54, 1.807) is 0 Å². The summed E-state index contributed by atoms with van der Waals surface area (Å²) in [6, 6.07) is 0. The number of esters is 1. The first-order valence-corrected chi connectivity index (χ1v) is 5.15. The highest BCUT2D eigenvalue weighted by atomic mass is 35.5. The molecule has 106 valence electrons. The van der Waals surface area contributed by atoms with E-state index in [0.29, 0.717) is 6.20 Å². The van der Waals surface area contributed by atoms with Crippen molar-refractivity contribution >= 4 is 17.6 Å². The molecule has 1 aromatic rings. The molecule has 0 bridgehead atoms. The number of carbonyl (C=O) groups is 1. The average Bonchev–Trinajstić information content (AvgIpc) is 2.28. The number of hydrogen-bond acceptors (Lipinski definition) is 3. The number of alkyl halides is 5. The second-order valence-electron chi connectivity index (χ2n) is 3.39. The minimum absolute atomic E-state index is 0.649. The maximum Gasteiger partial charge on any atom is 0.418 e. The monoisotopic (exact) mass is 303 g/mol. The van der Waals surface area contributed by atoms with Gasteiger partial charge < -0.3 is 4.74 Å². The second-order valence-corrected chi connectivity index (χ2v) is 3.80. The normalized spacial score (nSPS) is 11.8. The first-order chi connectivity index (χ1) is 8.68. The molecule has 0 fully saturated rings. The summed E-state index contributed by atoms with van der Waals surface area (Å²) in [5, 5.41) is -0.809. The lowest BCUT2D eigenvalue weighted by Crippen LogP contribution is -2.18. The Bertz CT molecular complexity index is 490. The summed E-state index contributed by atoms with van der Waals surface area (Å²) >= 11 is 5.31. The zero-order valence-electron chi connectivity index (χ0n) is 9.39. The van der Waals surface area contributed by atoms with Crippen LogP contribution in [0.25, 0.3) is 0 Å². The van der Waals surface area contributed by atoms with E-state index in [-0.39, 0.29) is 0 Å². The lowest BCUT2D eigenvalue weighted by atomic mass is 10.0. The van der Waals surface area contributed by atoms with Gasteiger partial charge in [-0.05, 0) is 0 Å². The van der Waals surface area contributed by atoms with Gasteiger partial charge in [0, 0.05) is 6.20 Å². The summed E-state index contributed by atoms with van der Waals surface area (Å²) in [5.41, 5.74) is -3.93. The van der Waals surface area contributed by atoms with E-state index in [1.807, 2.05) is 0 Å². The van der Waals surface area contributed by atoms with Crippen LogP contribution >= 0.6 is 11.6 Å². The molecule has 1 rings (SSSR count). The predicted molar refractivity (Wildman–Crippen MR) is 54.9 cm³/mol. The van der Waals surface area contributed by atoms with E-state index in [4.69, 9.17) is 11.6 Å². The van der Waals surface area contributed by atoms with Crippen LogP contribution in [0.15, 0.2) is 6.20 Å². The molecule has 0 aromatic carbocycles. The van der Waals surface area contributed by atoms with Gasteiger partial charge >= 0.3 is 12.1 Å². The molecule has 1 aromatic heterocycles. The molecule has 0 amide bonds. The van der Waals surface area contributed by atoms with Crippen molar-refractivity contribution in [2.45, 2.75) is 19.0 Å². The number of ether oxygens (including phenoxy) is 1. The van der Waals surface area contributed by atoms with Crippen LogP contribution in [0.3, 0.4) is 0 Å². The zero-order chi connectivity index (χ0) is 14.8. The Hall–Kier alpha value is -1.44. The van der Waals surface area contributed by atoms with Crippen molar-refractivity contribution in [3.63, 3.8) is 0 Å². The van der Waals surface area contributed by atoms with Gasteiger partial charge in [0.1, 0.15) is 0 Å². The van der Waals surface area contributed by atoms with Gasteiger partial charge in [0.25, 0.3) is 6.43 Å². The molecule has 3 nitrogen and oxygen atoms in total. The van der Waals surface area contributed by atoms with Gasteiger partial charge in [0.05, 0.1) is 35.4 Å². The van der Waals surface area contributed by atoms with E-state index < -0.39 is 46.8 Å². The lowest BCUT2D eigenvalue weighted by Gasteiger charge is -2.16. The number of methoxy groups -OCH3 is 1. The van der Waals surface area contributed by atoms with Gasteiger partial charge in [-0.25, -0.2) is 8.78 Å². The zero-order valence-corrected chi connectivity index (χ0v) is 10.1. The number of aromatic nitrogens is 1. The summed E-state index contributed by atoms with van der Waals surface area (Å²) in [7, 11) is 0.958. The van der Waals surface area contributed by atoms with Crippen molar-refractivity contribution in [2.75, 3.05) is 7.11 Å². The van der Waals surface area contributed by atoms with Crippen LogP contribution < -0.4 is 0 Å². The summed E-state index contributed by atoms with van der Waals surface area (Å²) in [6.07, 6.45) is -8.77. The Morgan fingerprint density at radius 1 is 1.47 bits per heavy atom. The number of nitrogens with zero attached hydrogens (tertiary/aromatic N) is 1. The third kappa shape index (κ3) is 3.52. The van der Waals surface area contributed by atoms with Gasteiger partial charge in [-0.15, -0.1) is 0 Å². The van der Waals surface area contributed by atoms with Crippen LogP contribution in [-0.2, 0) is 22.1 Å². The fraction of sp³-hybridized carbons (Fsp3) is 0.400. The number of halogens is 6. The molecular formula is C10H7ClF5NO2. The topological polar surface area (TPSA) is 39.2 Å². The molecule has 0 radical (unpaired) electrons.